The molecule has 0 atom stereocenters. The van der Waals surface area contributed by atoms with Crippen LogP contribution >= 0.6 is 0 Å². The van der Waals surface area contributed by atoms with Crippen molar-refractivity contribution in [2.75, 3.05) is 13.1 Å². The molecule has 1 saturated heterocycles. The van der Waals surface area contributed by atoms with E-state index < -0.39 is 0 Å². The summed E-state index contributed by atoms with van der Waals surface area (Å²) in [5.41, 5.74) is 3.03. The number of hydrogen-bond acceptors (Lipinski definition) is 3. The second kappa shape index (κ2) is 4.64. The first-order chi connectivity index (χ1) is 9.13. The first kappa shape index (κ1) is 12.1. The number of H-pyrrole nitrogens is 1. The summed E-state index contributed by atoms with van der Waals surface area (Å²) in [7, 11) is 0. The lowest BCUT2D eigenvalue weighted by atomic mass is 9.90. The predicted molar refractivity (Wildman–Crippen MR) is 72.9 cm³/mol. The number of amides is 1. The molecule has 2 aromatic heterocycles. The number of aromatic nitrogens is 3. The van der Waals surface area contributed by atoms with Gasteiger partial charge in [-0.3, -0.25) is 4.79 Å². The number of carbonyl (C=O) groups excluding carboxylic acids is 1. The van der Waals surface area contributed by atoms with Crippen molar-refractivity contribution in [3.05, 3.63) is 23.7 Å². The zero-order valence-electron chi connectivity index (χ0n) is 11.3. The molecule has 1 amide bonds. The molecule has 0 radical (unpaired) electrons. The maximum Gasteiger partial charge on any atom is 0.219 e. The van der Waals surface area contributed by atoms with E-state index in [4.69, 9.17) is 0 Å². The zero-order chi connectivity index (χ0) is 13.4. The number of fused-ring (bicyclic) bond motifs is 1. The van der Waals surface area contributed by atoms with Gasteiger partial charge in [-0.05, 0) is 37.3 Å². The molecule has 0 saturated carbocycles. The number of aromatic amines is 1. The van der Waals surface area contributed by atoms with E-state index in [9.17, 15) is 4.79 Å². The number of rotatable bonds is 1. The zero-order valence-corrected chi connectivity index (χ0v) is 11.3. The largest absolute Gasteiger partial charge is 0.343 e. The monoisotopic (exact) mass is 258 g/mol. The minimum absolute atomic E-state index is 0.177. The number of hydrogen-bond donors (Lipinski definition) is 1. The Kier molecular flexibility index (Phi) is 2.97. The molecule has 0 bridgehead atoms. The lowest BCUT2D eigenvalue weighted by Gasteiger charge is -2.31. The van der Waals surface area contributed by atoms with Crippen LogP contribution in [0.25, 0.3) is 11.2 Å². The number of carbonyl (C=O) groups is 1. The van der Waals surface area contributed by atoms with Gasteiger partial charge in [-0.2, -0.15) is 0 Å². The minimum atomic E-state index is 0.177. The molecule has 19 heavy (non-hydrogen) atoms. The van der Waals surface area contributed by atoms with E-state index >= 15 is 0 Å². The van der Waals surface area contributed by atoms with Gasteiger partial charge in [0.2, 0.25) is 5.91 Å². The van der Waals surface area contributed by atoms with Crippen LogP contribution in [-0.2, 0) is 4.79 Å². The summed E-state index contributed by atoms with van der Waals surface area (Å²) in [6, 6.07) is 2.15. The van der Waals surface area contributed by atoms with Gasteiger partial charge in [0, 0.05) is 26.2 Å². The molecule has 1 N–H and O–H groups in total. The number of likely N-dealkylation sites (tertiary alicyclic amines) is 1. The van der Waals surface area contributed by atoms with E-state index in [0.29, 0.717) is 5.92 Å². The fraction of sp³-hybridized carbons (Fsp3) is 0.500. The summed E-state index contributed by atoms with van der Waals surface area (Å²) in [4.78, 5) is 25.2. The number of pyridine rings is 1. The molecule has 5 nitrogen and oxygen atoms in total. The summed E-state index contributed by atoms with van der Waals surface area (Å²) in [6.45, 7) is 5.27. The summed E-state index contributed by atoms with van der Waals surface area (Å²) < 4.78 is 0. The van der Waals surface area contributed by atoms with Gasteiger partial charge in [0.05, 0.1) is 5.52 Å². The van der Waals surface area contributed by atoms with Gasteiger partial charge in [-0.15, -0.1) is 0 Å². The van der Waals surface area contributed by atoms with Gasteiger partial charge in [0.1, 0.15) is 5.82 Å². The molecule has 1 aliphatic rings. The van der Waals surface area contributed by atoms with Gasteiger partial charge in [-0.1, -0.05) is 0 Å². The average Bonchev–Trinajstić information content (AvgIpc) is 2.77. The minimum Gasteiger partial charge on any atom is -0.343 e. The summed E-state index contributed by atoms with van der Waals surface area (Å²) in [6.07, 6.45) is 3.95. The van der Waals surface area contributed by atoms with Crippen LogP contribution < -0.4 is 0 Å². The second-order valence-electron chi connectivity index (χ2n) is 5.24. The maximum absolute atomic E-state index is 11.3. The van der Waals surface area contributed by atoms with E-state index in [1.54, 1.807) is 6.92 Å². The Bertz CT molecular complexity index is 611. The number of piperidine rings is 1. The quantitative estimate of drug-likeness (QED) is 0.851. The number of aryl methyl sites for hydroxylation is 1. The van der Waals surface area contributed by atoms with Crippen LogP contribution in [-0.4, -0.2) is 38.8 Å². The molecule has 0 aliphatic carbocycles. The van der Waals surface area contributed by atoms with Gasteiger partial charge in [0.15, 0.2) is 5.65 Å². The third kappa shape index (κ3) is 2.32. The predicted octanol–water partition coefficient (Wildman–Crippen LogP) is 1.99. The Hall–Kier alpha value is -1.91. The van der Waals surface area contributed by atoms with Crippen LogP contribution in [0.4, 0.5) is 0 Å². The summed E-state index contributed by atoms with van der Waals surface area (Å²) in [5.74, 6) is 1.57. The molecular weight excluding hydrogens is 240 g/mol. The fourth-order valence-electron chi connectivity index (χ4n) is 2.79. The smallest absolute Gasteiger partial charge is 0.219 e. The molecule has 0 aromatic carbocycles. The van der Waals surface area contributed by atoms with Gasteiger partial charge >= 0.3 is 0 Å². The van der Waals surface area contributed by atoms with Crippen molar-refractivity contribution in [3.8, 4) is 0 Å². The normalized spacial score (nSPS) is 17.1. The van der Waals surface area contributed by atoms with Crippen molar-refractivity contribution in [3.63, 3.8) is 0 Å². The Labute approximate surface area is 112 Å². The Morgan fingerprint density at radius 3 is 2.84 bits per heavy atom. The maximum atomic E-state index is 11.3. The summed E-state index contributed by atoms with van der Waals surface area (Å²) >= 11 is 0. The topological polar surface area (TPSA) is 61.9 Å². The molecule has 100 valence electrons. The van der Waals surface area contributed by atoms with Crippen LogP contribution in [0.3, 0.4) is 0 Å². The lowest BCUT2D eigenvalue weighted by molar-refractivity contribution is -0.129. The van der Waals surface area contributed by atoms with Crippen LogP contribution in [0.15, 0.2) is 12.3 Å². The number of nitrogens with one attached hydrogen (secondary N) is 1. The Morgan fingerprint density at radius 1 is 1.42 bits per heavy atom. The highest BCUT2D eigenvalue weighted by atomic mass is 16.2. The highest BCUT2D eigenvalue weighted by molar-refractivity contribution is 5.73. The molecule has 5 heteroatoms. The van der Waals surface area contributed by atoms with E-state index in [-0.39, 0.29) is 5.91 Å². The van der Waals surface area contributed by atoms with Crippen molar-refractivity contribution in [2.45, 2.75) is 32.6 Å². The third-order valence-corrected chi connectivity index (χ3v) is 3.89. The fourth-order valence-corrected chi connectivity index (χ4v) is 2.79. The van der Waals surface area contributed by atoms with Crippen molar-refractivity contribution in [1.82, 2.24) is 19.9 Å². The molecule has 0 spiro atoms. The van der Waals surface area contributed by atoms with Crippen molar-refractivity contribution in [2.24, 2.45) is 0 Å². The van der Waals surface area contributed by atoms with Crippen molar-refractivity contribution >= 4 is 17.1 Å². The summed E-state index contributed by atoms with van der Waals surface area (Å²) in [5, 5.41) is 0. The molecule has 3 rings (SSSR count). The highest BCUT2D eigenvalue weighted by Crippen LogP contribution is 2.28. The number of nitrogens with zero attached hydrogens (tertiary/aromatic N) is 3. The van der Waals surface area contributed by atoms with Crippen LogP contribution in [0.5, 0.6) is 0 Å². The first-order valence-corrected chi connectivity index (χ1v) is 6.71. The standard InChI is InChI=1S/C14H18N4O/c1-9-16-13-7-12(8-15-14(13)17-9)11-3-5-18(6-4-11)10(2)19/h7-8,11H,3-6H2,1-2H3,(H,15,16,17). The molecular formula is C14H18N4O. The molecule has 3 heterocycles. The average molecular weight is 258 g/mol. The van der Waals surface area contributed by atoms with Crippen molar-refractivity contribution < 1.29 is 4.79 Å². The molecule has 1 aliphatic heterocycles. The SMILES string of the molecule is CC(=O)N1CCC(c2cnc3nc(C)[nH]c3c2)CC1. The third-order valence-electron chi connectivity index (χ3n) is 3.89. The van der Waals surface area contributed by atoms with Gasteiger partial charge in [-0.25, -0.2) is 9.97 Å². The van der Waals surface area contributed by atoms with E-state index in [2.05, 4.69) is 21.0 Å². The lowest BCUT2D eigenvalue weighted by Crippen LogP contribution is -2.36. The van der Waals surface area contributed by atoms with Crippen LogP contribution in [0, 0.1) is 6.92 Å². The van der Waals surface area contributed by atoms with Crippen molar-refractivity contribution in [1.29, 1.82) is 0 Å². The van der Waals surface area contributed by atoms with E-state index in [1.165, 1.54) is 5.56 Å². The van der Waals surface area contributed by atoms with Gasteiger partial charge < -0.3 is 9.88 Å². The number of imidazole rings is 1. The highest BCUT2D eigenvalue weighted by Gasteiger charge is 2.22. The second-order valence-corrected chi connectivity index (χ2v) is 5.24. The van der Waals surface area contributed by atoms with Gasteiger partial charge in [0.25, 0.3) is 0 Å². The van der Waals surface area contributed by atoms with E-state index in [1.807, 2.05) is 18.0 Å². The van der Waals surface area contributed by atoms with E-state index in [0.717, 1.165) is 42.9 Å². The van der Waals surface area contributed by atoms with Crippen LogP contribution in [0.1, 0.15) is 37.1 Å². The molecule has 1 fully saturated rings. The molecule has 2 aromatic rings. The van der Waals surface area contributed by atoms with Crippen LogP contribution in [0.2, 0.25) is 0 Å². The Morgan fingerprint density at radius 2 is 2.16 bits per heavy atom. The Balaban J connectivity index is 1.79. The molecule has 0 unspecified atom stereocenters. The first-order valence-electron chi connectivity index (χ1n) is 6.71.